The molecular weight excluding hydrogens is 328 g/mol. The van der Waals surface area contributed by atoms with Gasteiger partial charge in [0, 0.05) is 25.5 Å². The van der Waals surface area contributed by atoms with E-state index in [0.717, 1.165) is 13.0 Å². The van der Waals surface area contributed by atoms with Crippen molar-refractivity contribution in [3.05, 3.63) is 48.5 Å². The van der Waals surface area contributed by atoms with Crippen LogP contribution in [0.15, 0.2) is 47.9 Å². The summed E-state index contributed by atoms with van der Waals surface area (Å²) in [5.41, 5.74) is 0.664. The van der Waals surface area contributed by atoms with E-state index >= 15 is 0 Å². The Hall–Kier alpha value is -2.35. The van der Waals surface area contributed by atoms with E-state index in [9.17, 15) is 13.2 Å². The number of rotatable bonds is 5. The van der Waals surface area contributed by atoms with Crippen molar-refractivity contribution in [2.45, 2.75) is 30.3 Å². The zero-order valence-corrected chi connectivity index (χ0v) is 14.0. The first-order valence-corrected chi connectivity index (χ1v) is 9.53. The molecule has 1 aliphatic heterocycles. The number of aromatic nitrogens is 2. The molecule has 0 unspecified atom stereocenters. The third kappa shape index (κ3) is 3.76. The molecule has 0 saturated carbocycles. The van der Waals surface area contributed by atoms with Gasteiger partial charge in [0.15, 0.2) is 9.84 Å². The largest absolute Gasteiger partial charge is 0.338 e. The van der Waals surface area contributed by atoms with Crippen LogP contribution in [0.5, 0.6) is 0 Å². The topological polar surface area (TPSA) is 93.1 Å². The molecule has 2 heterocycles. The summed E-state index contributed by atoms with van der Waals surface area (Å²) in [6.07, 6.45) is 6.51. The van der Waals surface area contributed by atoms with E-state index in [1.807, 2.05) is 10.8 Å². The zero-order valence-electron chi connectivity index (χ0n) is 13.2. The van der Waals surface area contributed by atoms with Gasteiger partial charge in [-0.3, -0.25) is 0 Å². The number of sulfone groups is 1. The lowest BCUT2D eigenvalue weighted by Crippen LogP contribution is -2.40. The van der Waals surface area contributed by atoms with Crippen molar-refractivity contribution in [3.63, 3.8) is 0 Å². The lowest BCUT2D eigenvalue weighted by atomic mass is 10.0. The zero-order chi connectivity index (χ0) is 17.0. The van der Waals surface area contributed by atoms with Gasteiger partial charge >= 0.3 is 6.03 Å². The highest BCUT2D eigenvalue weighted by atomic mass is 32.2. The number of hydrogen-bond acceptors (Lipinski definition) is 4. The fourth-order valence-corrected chi connectivity index (χ4v) is 4.45. The maximum absolute atomic E-state index is 12.1. The van der Waals surface area contributed by atoms with Crippen molar-refractivity contribution >= 4 is 15.9 Å². The maximum Gasteiger partial charge on any atom is 0.315 e. The van der Waals surface area contributed by atoms with E-state index in [-0.39, 0.29) is 17.8 Å². The Bertz CT molecular complexity index is 802. The Morgan fingerprint density at radius 1 is 1.33 bits per heavy atom. The van der Waals surface area contributed by atoms with Crippen LogP contribution in [0.3, 0.4) is 0 Å². The standard InChI is InChI=1S/C16H20N4O3S/c21-16(18-7-3-9-20-10-8-17-12-20)19-14-6-11-24(22,23)15-5-2-1-4-13(14)15/h1-2,4-5,8,10,12,14H,3,6-7,9,11H2,(H2,18,19,21)/t14-/m0/s1. The fraction of sp³-hybridized carbons (Fsp3) is 0.375. The number of nitrogens with zero attached hydrogens (tertiary/aromatic N) is 2. The smallest absolute Gasteiger partial charge is 0.315 e. The third-order valence-corrected chi connectivity index (χ3v) is 5.86. The molecule has 3 rings (SSSR count). The number of aryl methyl sites for hydroxylation is 1. The van der Waals surface area contributed by atoms with Gasteiger partial charge in [-0.2, -0.15) is 0 Å². The summed E-state index contributed by atoms with van der Waals surface area (Å²) < 4.78 is 26.1. The minimum atomic E-state index is -3.24. The number of hydrogen-bond donors (Lipinski definition) is 2. The molecular formula is C16H20N4O3S. The Balaban J connectivity index is 1.53. The van der Waals surface area contributed by atoms with Crippen molar-refractivity contribution in [1.82, 2.24) is 20.2 Å². The van der Waals surface area contributed by atoms with Crippen LogP contribution in [0.4, 0.5) is 4.79 Å². The normalized spacial score (nSPS) is 18.6. The van der Waals surface area contributed by atoms with E-state index in [0.29, 0.717) is 23.4 Å². The van der Waals surface area contributed by atoms with Gasteiger partial charge in [0.05, 0.1) is 23.0 Å². The lowest BCUT2D eigenvalue weighted by Gasteiger charge is -2.26. The van der Waals surface area contributed by atoms with Crippen LogP contribution in [0.2, 0.25) is 0 Å². The third-order valence-electron chi connectivity index (χ3n) is 4.05. The first kappa shape index (κ1) is 16.5. The van der Waals surface area contributed by atoms with Gasteiger partial charge in [-0.1, -0.05) is 18.2 Å². The summed E-state index contributed by atoms with van der Waals surface area (Å²) in [5.74, 6) is 0.0512. The van der Waals surface area contributed by atoms with Gasteiger partial charge in [-0.05, 0) is 24.5 Å². The van der Waals surface area contributed by atoms with Gasteiger partial charge < -0.3 is 15.2 Å². The predicted molar refractivity (Wildman–Crippen MR) is 89.2 cm³/mol. The molecule has 0 fully saturated rings. The first-order chi connectivity index (χ1) is 11.6. The molecule has 2 amide bonds. The molecule has 7 nitrogen and oxygen atoms in total. The molecule has 0 spiro atoms. The van der Waals surface area contributed by atoms with Gasteiger partial charge in [0.25, 0.3) is 0 Å². The van der Waals surface area contributed by atoms with Crippen LogP contribution in [0.1, 0.15) is 24.4 Å². The second kappa shape index (κ2) is 7.04. The van der Waals surface area contributed by atoms with E-state index in [1.54, 1.807) is 36.8 Å². The molecule has 0 radical (unpaired) electrons. The van der Waals surface area contributed by atoms with Crippen molar-refractivity contribution in [3.8, 4) is 0 Å². The van der Waals surface area contributed by atoms with Crippen LogP contribution in [-0.2, 0) is 16.4 Å². The molecule has 2 N–H and O–H groups in total. The second-order valence-electron chi connectivity index (χ2n) is 5.75. The number of urea groups is 1. The van der Waals surface area contributed by atoms with E-state index < -0.39 is 9.84 Å². The van der Waals surface area contributed by atoms with Gasteiger partial charge in [-0.15, -0.1) is 0 Å². The second-order valence-corrected chi connectivity index (χ2v) is 7.83. The van der Waals surface area contributed by atoms with Crippen LogP contribution in [0.25, 0.3) is 0 Å². The molecule has 128 valence electrons. The number of fused-ring (bicyclic) bond motifs is 1. The monoisotopic (exact) mass is 348 g/mol. The van der Waals surface area contributed by atoms with Gasteiger partial charge in [-0.25, -0.2) is 18.2 Å². The minimum Gasteiger partial charge on any atom is -0.338 e. The Kier molecular flexibility index (Phi) is 4.84. The highest BCUT2D eigenvalue weighted by Gasteiger charge is 2.30. The van der Waals surface area contributed by atoms with Crippen LogP contribution in [0, 0.1) is 0 Å². The quantitative estimate of drug-likeness (QED) is 0.801. The number of imidazole rings is 1. The first-order valence-electron chi connectivity index (χ1n) is 7.88. The SMILES string of the molecule is O=C(NCCCn1ccnc1)N[C@H]1CCS(=O)(=O)c2ccccc21. The number of nitrogens with one attached hydrogen (secondary N) is 2. The number of carbonyl (C=O) groups is 1. The van der Waals surface area contributed by atoms with Gasteiger partial charge in [0.2, 0.25) is 0 Å². The van der Waals surface area contributed by atoms with Crippen molar-refractivity contribution in [2.24, 2.45) is 0 Å². The van der Waals surface area contributed by atoms with E-state index in [2.05, 4.69) is 15.6 Å². The highest BCUT2D eigenvalue weighted by Crippen LogP contribution is 2.31. The maximum atomic E-state index is 12.1. The molecule has 0 aliphatic carbocycles. The van der Waals surface area contributed by atoms with E-state index in [4.69, 9.17) is 0 Å². The van der Waals surface area contributed by atoms with Crippen molar-refractivity contribution < 1.29 is 13.2 Å². The molecule has 24 heavy (non-hydrogen) atoms. The predicted octanol–water partition coefficient (Wildman–Crippen LogP) is 1.49. The molecule has 1 aliphatic rings. The average molecular weight is 348 g/mol. The van der Waals surface area contributed by atoms with E-state index in [1.165, 1.54) is 0 Å². The lowest BCUT2D eigenvalue weighted by molar-refractivity contribution is 0.236. The number of benzene rings is 1. The molecule has 0 saturated heterocycles. The van der Waals surface area contributed by atoms with Crippen molar-refractivity contribution in [1.29, 1.82) is 0 Å². The summed E-state index contributed by atoms with van der Waals surface area (Å²) in [6.45, 7) is 1.32. The van der Waals surface area contributed by atoms with Crippen molar-refractivity contribution in [2.75, 3.05) is 12.3 Å². The summed E-state index contributed by atoms with van der Waals surface area (Å²) >= 11 is 0. The Morgan fingerprint density at radius 3 is 2.96 bits per heavy atom. The van der Waals surface area contributed by atoms with Crippen LogP contribution in [-0.4, -0.2) is 36.3 Å². The Labute approximate surface area is 141 Å². The minimum absolute atomic E-state index is 0.0512. The molecule has 2 aromatic rings. The number of amides is 2. The Morgan fingerprint density at radius 2 is 2.17 bits per heavy atom. The van der Waals surface area contributed by atoms with Crippen LogP contribution < -0.4 is 10.6 Å². The summed E-state index contributed by atoms with van der Waals surface area (Å²) in [4.78, 5) is 16.3. The summed E-state index contributed by atoms with van der Waals surface area (Å²) in [7, 11) is -3.24. The molecule has 1 aromatic carbocycles. The molecule has 0 bridgehead atoms. The fourth-order valence-electron chi connectivity index (χ4n) is 2.83. The molecule has 1 atom stereocenters. The summed E-state index contributed by atoms with van der Waals surface area (Å²) in [5, 5.41) is 5.68. The number of carbonyl (C=O) groups excluding carboxylic acids is 1. The van der Waals surface area contributed by atoms with Gasteiger partial charge in [0.1, 0.15) is 0 Å². The molecule has 1 aromatic heterocycles. The highest BCUT2D eigenvalue weighted by molar-refractivity contribution is 7.91. The van der Waals surface area contributed by atoms with Crippen LogP contribution >= 0.6 is 0 Å². The summed E-state index contributed by atoms with van der Waals surface area (Å²) in [6, 6.07) is 6.29. The average Bonchev–Trinajstić information content (AvgIpc) is 3.08. The molecule has 8 heteroatoms.